The number of thiophene rings is 1. The number of ether oxygens (including phenoxy) is 1. The molecule has 1 aromatic heterocycles. The lowest BCUT2D eigenvalue weighted by Crippen LogP contribution is -2.36. The zero-order chi connectivity index (χ0) is 20.1. The third-order valence-electron chi connectivity index (χ3n) is 4.72. The van der Waals surface area contributed by atoms with Crippen LogP contribution in [0.3, 0.4) is 0 Å². The van der Waals surface area contributed by atoms with Crippen molar-refractivity contribution in [2.75, 3.05) is 37.7 Å². The van der Waals surface area contributed by atoms with Crippen molar-refractivity contribution in [3.05, 3.63) is 39.2 Å². The molecule has 3 rings (SSSR count). The lowest BCUT2D eigenvalue weighted by Gasteiger charge is -2.27. The van der Waals surface area contributed by atoms with Crippen LogP contribution in [0.15, 0.2) is 18.2 Å². The summed E-state index contributed by atoms with van der Waals surface area (Å²) in [7, 11) is 0. The molecule has 1 aliphatic rings. The third-order valence-corrected chi connectivity index (χ3v) is 6.28. The number of nitrogens with zero attached hydrogens (tertiary/aromatic N) is 2. The molecular weight excluding hydrogens is 394 g/mol. The Morgan fingerprint density at radius 1 is 1.39 bits per heavy atom. The summed E-state index contributed by atoms with van der Waals surface area (Å²) in [5, 5.41) is 14.3. The Morgan fingerprint density at radius 3 is 2.79 bits per heavy atom. The van der Waals surface area contributed by atoms with Gasteiger partial charge in [-0.3, -0.25) is 4.79 Å². The zero-order valence-electron chi connectivity index (χ0n) is 16.2. The number of rotatable bonds is 6. The third kappa shape index (κ3) is 4.33. The highest BCUT2D eigenvalue weighted by molar-refractivity contribution is 7.19. The van der Waals surface area contributed by atoms with Crippen molar-refractivity contribution in [1.29, 1.82) is 5.26 Å². The molecule has 0 saturated carbocycles. The van der Waals surface area contributed by atoms with Crippen molar-refractivity contribution in [3.8, 4) is 17.2 Å². The van der Waals surface area contributed by atoms with Crippen LogP contribution in [-0.2, 0) is 4.74 Å². The number of carbonyl (C=O) groups is 1. The van der Waals surface area contributed by atoms with E-state index in [1.54, 1.807) is 0 Å². The van der Waals surface area contributed by atoms with Crippen molar-refractivity contribution >= 4 is 33.8 Å². The van der Waals surface area contributed by atoms with Gasteiger partial charge in [0.15, 0.2) is 0 Å². The molecule has 1 aromatic carbocycles. The molecule has 1 fully saturated rings. The molecular formula is C21H24ClN3O2S. The lowest BCUT2D eigenvalue weighted by molar-refractivity contribution is 0.0958. The first-order chi connectivity index (χ1) is 13.6. The van der Waals surface area contributed by atoms with Gasteiger partial charge in [0.25, 0.3) is 5.91 Å². The predicted octanol–water partition coefficient (Wildman–Crippen LogP) is 4.62. The van der Waals surface area contributed by atoms with E-state index in [0.717, 1.165) is 29.0 Å². The Labute approximate surface area is 174 Å². The normalized spacial score (nSPS) is 14.0. The number of nitrogens with one attached hydrogen (secondary N) is 1. The van der Waals surface area contributed by atoms with Crippen molar-refractivity contribution in [1.82, 2.24) is 5.32 Å². The van der Waals surface area contributed by atoms with Crippen molar-refractivity contribution in [2.45, 2.75) is 26.7 Å². The van der Waals surface area contributed by atoms with Crippen LogP contribution >= 0.6 is 22.9 Å². The second kappa shape index (κ2) is 9.42. The Kier molecular flexibility index (Phi) is 6.95. The number of hydrogen-bond donors (Lipinski definition) is 1. The van der Waals surface area contributed by atoms with Crippen molar-refractivity contribution < 1.29 is 9.53 Å². The van der Waals surface area contributed by atoms with E-state index in [1.165, 1.54) is 11.3 Å². The quantitative estimate of drug-likeness (QED) is 0.696. The molecule has 2 heterocycles. The molecule has 5 nitrogen and oxygen atoms in total. The van der Waals surface area contributed by atoms with E-state index >= 15 is 0 Å². The first kappa shape index (κ1) is 20.7. The fourth-order valence-electron chi connectivity index (χ4n) is 3.21. The largest absolute Gasteiger partial charge is 0.378 e. The van der Waals surface area contributed by atoms with E-state index in [4.69, 9.17) is 16.3 Å². The Hall–Kier alpha value is -2.07. The van der Waals surface area contributed by atoms with Gasteiger partial charge < -0.3 is 15.0 Å². The minimum Gasteiger partial charge on any atom is -0.378 e. The summed E-state index contributed by atoms with van der Waals surface area (Å²) in [4.78, 5) is 15.6. The van der Waals surface area contributed by atoms with Gasteiger partial charge in [-0.25, -0.2) is 0 Å². The molecule has 0 aliphatic carbocycles. The number of amides is 1. The van der Waals surface area contributed by atoms with E-state index in [-0.39, 0.29) is 5.91 Å². The van der Waals surface area contributed by atoms with Crippen molar-refractivity contribution in [2.24, 2.45) is 0 Å². The maximum atomic E-state index is 13.0. The van der Waals surface area contributed by atoms with Crippen LogP contribution in [0.2, 0.25) is 5.02 Å². The number of benzene rings is 1. The van der Waals surface area contributed by atoms with Crippen molar-refractivity contribution in [3.63, 3.8) is 0 Å². The maximum Gasteiger partial charge on any atom is 0.262 e. The summed E-state index contributed by atoms with van der Waals surface area (Å²) >= 11 is 7.89. The lowest BCUT2D eigenvalue weighted by atomic mass is 9.99. The molecule has 2 aromatic rings. The number of nitriles is 1. The summed E-state index contributed by atoms with van der Waals surface area (Å²) < 4.78 is 5.44. The Morgan fingerprint density at radius 2 is 2.14 bits per heavy atom. The van der Waals surface area contributed by atoms with Gasteiger partial charge in [-0.15, -0.1) is 11.3 Å². The van der Waals surface area contributed by atoms with Crippen LogP contribution in [0.25, 0.3) is 11.1 Å². The fourth-order valence-corrected chi connectivity index (χ4v) is 4.77. The highest BCUT2D eigenvalue weighted by Crippen LogP contribution is 2.44. The zero-order valence-corrected chi connectivity index (χ0v) is 17.8. The SMILES string of the molecule is CCCCNC(=O)c1sc(N2CCOCC2)c(C#N)c1-c1ccc(C)cc1Cl. The molecule has 0 spiro atoms. The highest BCUT2D eigenvalue weighted by Gasteiger charge is 2.28. The fraction of sp³-hybridized carbons (Fsp3) is 0.429. The van der Waals surface area contributed by atoms with Gasteiger partial charge in [0.05, 0.1) is 18.8 Å². The van der Waals surface area contributed by atoms with Gasteiger partial charge in [0, 0.05) is 35.8 Å². The first-order valence-corrected chi connectivity index (χ1v) is 10.7. The molecule has 7 heteroatoms. The number of morpholine rings is 1. The maximum absolute atomic E-state index is 13.0. The van der Waals surface area contributed by atoms with E-state index in [0.29, 0.717) is 53.9 Å². The van der Waals surface area contributed by atoms with Gasteiger partial charge in [-0.05, 0) is 25.0 Å². The summed E-state index contributed by atoms with van der Waals surface area (Å²) in [5.41, 5.74) is 2.90. The second-order valence-corrected chi connectivity index (χ2v) is 8.20. The number of halogens is 1. The van der Waals surface area contributed by atoms with Crippen LogP contribution in [-0.4, -0.2) is 38.8 Å². The topological polar surface area (TPSA) is 65.4 Å². The van der Waals surface area contributed by atoms with E-state index in [9.17, 15) is 10.1 Å². The molecule has 1 amide bonds. The first-order valence-electron chi connectivity index (χ1n) is 9.51. The summed E-state index contributed by atoms with van der Waals surface area (Å²) in [6.07, 6.45) is 1.92. The summed E-state index contributed by atoms with van der Waals surface area (Å²) in [6, 6.07) is 8.04. The monoisotopic (exact) mass is 417 g/mol. The molecule has 1 saturated heterocycles. The summed E-state index contributed by atoms with van der Waals surface area (Å²) in [5.74, 6) is -0.152. The minimum atomic E-state index is -0.152. The van der Waals surface area contributed by atoms with Crippen LogP contribution in [0.1, 0.15) is 40.6 Å². The minimum absolute atomic E-state index is 0.152. The van der Waals surface area contributed by atoms with Gasteiger partial charge in [-0.2, -0.15) is 5.26 Å². The molecule has 148 valence electrons. The Balaban J connectivity index is 2.11. The van der Waals surface area contributed by atoms with Gasteiger partial charge >= 0.3 is 0 Å². The van der Waals surface area contributed by atoms with Gasteiger partial charge in [0.2, 0.25) is 0 Å². The number of unbranched alkanes of at least 4 members (excludes halogenated alkanes) is 1. The van der Waals surface area contributed by atoms with Crippen LogP contribution < -0.4 is 10.2 Å². The Bertz CT molecular complexity index is 898. The van der Waals surface area contributed by atoms with E-state index in [2.05, 4.69) is 23.2 Å². The molecule has 0 radical (unpaired) electrons. The average molecular weight is 418 g/mol. The van der Waals surface area contributed by atoms with Crippen LogP contribution in [0, 0.1) is 18.3 Å². The van der Waals surface area contributed by atoms with Gasteiger partial charge in [0.1, 0.15) is 15.9 Å². The molecule has 28 heavy (non-hydrogen) atoms. The number of aryl methyl sites for hydroxylation is 1. The molecule has 1 N–H and O–H groups in total. The highest BCUT2D eigenvalue weighted by atomic mass is 35.5. The second-order valence-electron chi connectivity index (χ2n) is 6.79. The number of hydrogen-bond acceptors (Lipinski definition) is 5. The van der Waals surface area contributed by atoms with Crippen LogP contribution in [0.5, 0.6) is 0 Å². The standard InChI is InChI=1S/C21H24ClN3O2S/c1-3-4-7-24-20(26)19-18(15-6-5-14(2)12-17(15)22)16(13-23)21(28-19)25-8-10-27-11-9-25/h5-6,12H,3-4,7-11H2,1-2H3,(H,24,26). The predicted molar refractivity (Wildman–Crippen MR) is 114 cm³/mol. The van der Waals surface area contributed by atoms with Crippen LogP contribution in [0.4, 0.5) is 5.00 Å². The molecule has 0 unspecified atom stereocenters. The van der Waals surface area contributed by atoms with Gasteiger partial charge in [-0.1, -0.05) is 37.1 Å². The van der Waals surface area contributed by atoms with E-state index < -0.39 is 0 Å². The average Bonchev–Trinajstić information content (AvgIpc) is 3.08. The molecule has 0 atom stereocenters. The smallest absolute Gasteiger partial charge is 0.262 e. The molecule has 1 aliphatic heterocycles. The number of carbonyl (C=O) groups excluding carboxylic acids is 1. The van der Waals surface area contributed by atoms with E-state index in [1.807, 2.05) is 25.1 Å². The summed E-state index contributed by atoms with van der Waals surface area (Å²) in [6.45, 7) is 7.29. The molecule has 0 bridgehead atoms. The number of anilines is 1.